The van der Waals surface area contributed by atoms with Crippen LogP contribution in [0.4, 0.5) is 30.7 Å². The number of hydrogen-bond acceptors (Lipinski definition) is 7. The highest BCUT2D eigenvalue weighted by molar-refractivity contribution is 6.00. The van der Waals surface area contributed by atoms with Crippen molar-refractivity contribution in [1.29, 1.82) is 0 Å². The van der Waals surface area contributed by atoms with Crippen LogP contribution in [0.5, 0.6) is 0 Å². The van der Waals surface area contributed by atoms with Crippen LogP contribution in [0, 0.1) is 0 Å². The Bertz CT molecular complexity index is 1120. The molecule has 1 saturated carbocycles. The van der Waals surface area contributed by atoms with Gasteiger partial charge in [0.1, 0.15) is 0 Å². The first-order chi connectivity index (χ1) is 15.8. The SMILES string of the molecule is N[C@@H]1CC(F)(F)CC[C@H]1N1C(=O)c2cc(-c3nnc(C(F)F)o3)ccc2C1OC(=O)C(F)(F)F. The quantitative estimate of drug-likeness (QED) is 0.507. The van der Waals surface area contributed by atoms with Gasteiger partial charge in [-0.3, -0.25) is 9.69 Å². The second-order valence-electron chi connectivity index (χ2n) is 7.85. The molecule has 1 fully saturated rings. The second-order valence-corrected chi connectivity index (χ2v) is 7.85. The van der Waals surface area contributed by atoms with Crippen LogP contribution in [0.3, 0.4) is 0 Å². The number of aromatic nitrogens is 2. The summed E-state index contributed by atoms with van der Waals surface area (Å²) in [5.41, 5.74) is 5.36. The van der Waals surface area contributed by atoms with Crippen LogP contribution in [-0.2, 0) is 9.53 Å². The summed E-state index contributed by atoms with van der Waals surface area (Å²) < 4.78 is 101. The molecule has 1 aromatic heterocycles. The summed E-state index contributed by atoms with van der Waals surface area (Å²) in [6.45, 7) is 0. The lowest BCUT2D eigenvalue weighted by atomic mass is 9.87. The van der Waals surface area contributed by atoms with Crippen LogP contribution in [0.2, 0.25) is 0 Å². The Morgan fingerprint density at radius 2 is 1.97 bits per heavy atom. The first-order valence-electron chi connectivity index (χ1n) is 9.78. The van der Waals surface area contributed by atoms with Gasteiger partial charge in [-0.2, -0.15) is 22.0 Å². The first kappa shape index (κ1) is 23.9. The van der Waals surface area contributed by atoms with Crippen molar-refractivity contribution in [2.45, 2.75) is 56.1 Å². The summed E-state index contributed by atoms with van der Waals surface area (Å²) >= 11 is 0. The predicted molar refractivity (Wildman–Crippen MR) is 96.3 cm³/mol. The van der Waals surface area contributed by atoms with E-state index in [1.54, 1.807) is 0 Å². The van der Waals surface area contributed by atoms with E-state index >= 15 is 0 Å². The summed E-state index contributed by atoms with van der Waals surface area (Å²) in [4.78, 5) is 25.5. The van der Waals surface area contributed by atoms with Gasteiger partial charge in [0.2, 0.25) is 18.0 Å². The number of ether oxygens (including phenoxy) is 1. The predicted octanol–water partition coefficient (Wildman–Crippen LogP) is 3.75. The normalized spacial score (nSPS) is 24.4. The second kappa shape index (κ2) is 8.21. The third kappa shape index (κ3) is 4.31. The van der Waals surface area contributed by atoms with Crippen LogP contribution >= 0.6 is 0 Å². The molecule has 3 atom stereocenters. The third-order valence-corrected chi connectivity index (χ3v) is 5.55. The molecule has 0 radical (unpaired) electrons. The Hall–Kier alpha value is -3.23. The average Bonchev–Trinajstić information content (AvgIpc) is 3.32. The first-order valence-corrected chi connectivity index (χ1v) is 9.78. The van der Waals surface area contributed by atoms with E-state index in [9.17, 15) is 40.3 Å². The van der Waals surface area contributed by atoms with Crippen molar-refractivity contribution in [2.75, 3.05) is 0 Å². The van der Waals surface area contributed by atoms with E-state index in [-0.39, 0.29) is 23.1 Å². The molecule has 2 aromatic rings. The van der Waals surface area contributed by atoms with Gasteiger partial charge < -0.3 is 14.9 Å². The van der Waals surface area contributed by atoms with Crippen LogP contribution in [0.15, 0.2) is 22.6 Å². The number of carbonyl (C=O) groups excluding carboxylic acids is 2. The van der Waals surface area contributed by atoms with E-state index in [1.165, 1.54) is 6.07 Å². The van der Waals surface area contributed by atoms with Crippen LogP contribution in [0.1, 0.15) is 53.7 Å². The standard InChI is InChI=1S/C19H15F7N4O4/c20-12(21)14-29-28-13(33-14)7-1-2-8-9(5-7)15(31)30(16(8)34-17(32)19(24,25)26)11-3-4-18(22,23)6-10(11)27/h1-2,5,10-12,16H,3-4,6,27H2/t10-,11-,16?/m1/s1. The van der Waals surface area contributed by atoms with Crippen molar-refractivity contribution in [3.8, 4) is 11.5 Å². The van der Waals surface area contributed by atoms with E-state index < -0.39 is 73.3 Å². The number of nitrogens with two attached hydrogens (primary N) is 1. The zero-order chi connectivity index (χ0) is 25.0. The molecule has 2 heterocycles. The van der Waals surface area contributed by atoms with Gasteiger partial charge in [0.15, 0.2) is 0 Å². The fraction of sp³-hybridized carbons (Fsp3) is 0.474. The van der Waals surface area contributed by atoms with Gasteiger partial charge in [-0.25, -0.2) is 13.6 Å². The Kier molecular flexibility index (Phi) is 5.78. The molecule has 1 amide bonds. The Balaban J connectivity index is 1.73. The lowest BCUT2D eigenvalue weighted by Crippen LogP contribution is -2.55. The summed E-state index contributed by atoms with van der Waals surface area (Å²) in [6.07, 6.45) is -12.2. The number of benzene rings is 1. The van der Waals surface area contributed by atoms with E-state index in [0.29, 0.717) is 0 Å². The molecule has 1 aliphatic heterocycles. The van der Waals surface area contributed by atoms with E-state index in [4.69, 9.17) is 10.2 Å². The number of halogens is 7. The minimum absolute atomic E-state index is 0.0197. The molecule has 34 heavy (non-hydrogen) atoms. The van der Waals surface area contributed by atoms with Gasteiger partial charge in [0, 0.05) is 35.6 Å². The number of nitrogens with zero attached hydrogens (tertiary/aromatic N) is 3. The van der Waals surface area contributed by atoms with Gasteiger partial charge in [-0.1, -0.05) is 6.07 Å². The zero-order valence-electron chi connectivity index (χ0n) is 16.9. The maximum absolute atomic E-state index is 13.7. The van der Waals surface area contributed by atoms with Crippen LogP contribution < -0.4 is 5.73 Å². The summed E-state index contributed by atoms with van der Waals surface area (Å²) in [5.74, 6) is -8.06. The highest BCUT2D eigenvalue weighted by Gasteiger charge is 2.52. The summed E-state index contributed by atoms with van der Waals surface area (Å²) in [7, 11) is 0. The molecule has 0 saturated heterocycles. The minimum atomic E-state index is -5.39. The topological polar surface area (TPSA) is 112 Å². The largest absolute Gasteiger partial charge is 0.491 e. The summed E-state index contributed by atoms with van der Waals surface area (Å²) in [6, 6.07) is 0.895. The smallest absolute Gasteiger partial charge is 0.430 e. The number of hydrogen-bond donors (Lipinski definition) is 1. The lowest BCUT2D eigenvalue weighted by molar-refractivity contribution is -0.213. The van der Waals surface area contributed by atoms with Crippen LogP contribution in [0.25, 0.3) is 11.5 Å². The molecule has 184 valence electrons. The number of fused-ring (bicyclic) bond motifs is 1. The molecule has 2 aliphatic rings. The number of alkyl halides is 7. The number of esters is 1. The number of rotatable bonds is 4. The molecule has 0 bridgehead atoms. The zero-order valence-corrected chi connectivity index (χ0v) is 16.9. The average molecular weight is 496 g/mol. The molecule has 4 rings (SSSR count). The Morgan fingerprint density at radius 1 is 1.26 bits per heavy atom. The molecule has 0 spiro atoms. The van der Waals surface area contributed by atoms with E-state index in [1.807, 2.05) is 0 Å². The molecule has 1 unspecified atom stereocenters. The Labute approximate surface area is 185 Å². The third-order valence-electron chi connectivity index (χ3n) is 5.55. The van der Waals surface area contributed by atoms with Gasteiger partial charge >= 0.3 is 18.6 Å². The number of carbonyl (C=O) groups is 2. The highest BCUT2D eigenvalue weighted by Crippen LogP contribution is 2.44. The van der Waals surface area contributed by atoms with E-state index in [0.717, 1.165) is 17.0 Å². The highest BCUT2D eigenvalue weighted by atomic mass is 19.4. The monoisotopic (exact) mass is 496 g/mol. The molecule has 8 nitrogen and oxygen atoms in total. The molecule has 2 N–H and O–H groups in total. The van der Waals surface area contributed by atoms with Gasteiger partial charge in [-0.05, 0) is 18.6 Å². The fourth-order valence-electron chi connectivity index (χ4n) is 4.04. The van der Waals surface area contributed by atoms with E-state index in [2.05, 4.69) is 14.9 Å². The van der Waals surface area contributed by atoms with Crippen molar-refractivity contribution in [2.24, 2.45) is 5.73 Å². The lowest BCUT2D eigenvalue weighted by Gasteiger charge is -2.41. The number of amides is 1. The van der Waals surface area contributed by atoms with Crippen molar-refractivity contribution >= 4 is 11.9 Å². The summed E-state index contributed by atoms with van der Waals surface area (Å²) in [5, 5.41) is 6.59. The molecule has 15 heteroatoms. The maximum Gasteiger partial charge on any atom is 0.491 e. The van der Waals surface area contributed by atoms with Crippen molar-refractivity contribution < 1.29 is 49.5 Å². The van der Waals surface area contributed by atoms with Gasteiger partial charge in [-0.15, -0.1) is 10.2 Å². The maximum atomic E-state index is 13.7. The Morgan fingerprint density at radius 3 is 2.56 bits per heavy atom. The molecule has 1 aliphatic carbocycles. The van der Waals surface area contributed by atoms with Gasteiger partial charge in [0.05, 0.1) is 6.04 Å². The minimum Gasteiger partial charge on any atom is -0.430 e. The van der Waals surface area contributed by atoms with Gasteiger partial charge in [0.25, 0.3) is 11.8 Å². The van der Waals surface area contributed by atoms with Crippen molar-refractivity contribution in [1.82, 2.24) is 15.1 Å². The fourth-order valence-corrected chi connectivity index (χ4v) is 4.04. The van der Waals surface area contributed by atoms with Crippen molar-refractivity contribution in [3.63, 3.8) is 0 Å². The van der Waals surface area contributed by atoms with Crippen LogP contribution in [-0.4, -0.2) is 51.2 Å². The molecular weight excluding hydrogens is 481 g/mol. The molecule has 1 aromatic carbocycles. The van der Waals surface area contributed by atoms with Crippen molar-refractivity contribution in [3.05, 3.63) is 35.2 Å². The molecular formula is C19H15F7N4O4.